The van der Waals surface area contributed by atoms with E-state index >= 15 is 0 Å². The first kappa shape index (κ1) is 25.0. The number of benzene rings is 2. The number of rotatable bonds is 7. The molecule has 0 amide bonds. The average Bonchev–Trinajstić information content (AvgIpc) is 3.45. The van der Waals surface area contributed by atoms with Crippen molar-refractivity contribution in [1.82, 2.24) is 15.5 Å². The number of aliphatic imine (C=N–C) groups is 1. The standard InChI is InChI=1S/C28H37N5.HI/c1-2-29-28(30-20-22-10-12-25(13-11-22)32-16-6-7-17-32)31-24-18-26-14-15-27(19-24)33(26)21-23-8-4-3-5-9-23;/h3-13,24,26-27H,2,14-21H2,1H3,(H2,29,30,31);1H. The third kappa shape index (κ3) is 6.13. The number of halogens is 1. The predicted molar refractivity (Wildman–Crippen MR) is 153 cm³/mol. The number of anilines is 1. The van der Waals surface area contributed by atoms with Gasteiger partial charge in [0.05, 0.1) is 6.54 Å². The second-order valence-corrected chi connectivity index (χ2v) is 9.59. The third-order valence-corrected chi connectivity index (χ3v) is 7.32. The van der Waals surface area contributed by atoms with Gasteiger partial charge in [-0.15, -0.1) is 24.0 Å². The molecule has 0 aliphatic carbocycles. The van der Waals surface area contributed by atoms with E-state index in [4.69, 9.17) is 4.99 Å². The molecule has 2 saturated heterocycles. The highest BCUT2D eigenvalue weighted by molar-refractivity contribution is 14.0. The van der Waals surface area contributed by atoms with Crippen LogP contribution in [0.3, 0.4) is 0 Å². The first-order valence-corrected chi connectivity index (χ1v) is 12.6. The number of nitrogens with zero attached hydrogens (tertiary/aromatic N) is 3. The second kappa shape index (κ2) is 12.1. The number of fused-ring (bicyclic) bond motifs is 2. The van der Waals surface area contributed by atoms with Crippen LogP contribution in [0.5, 0.6) is 0 Å². The van der Waals surface area contributed by atoms with Crippen LogP contribution < -0.4 is 15.5 Å². The normalized spacial score (nSPS) is 24.2. The Bertz CT molecular complexity index is 937. The average molecular weight is 572 g/mol. The summed E-state index contributed by atoms with van der Waals surface area (Å²) in [5, 5.41) is 7.23. The minimum absolute atomic E-state index is 0. The van der Waals surface area contributed by atoms with Crippen LogP contribution in [0.15, 0.2) is 71.7 Å². The quantitative estimate of drug-likeness (QED) is 0.214. The Morgan fingerprint density at radius 1 is 0.912 bits per heavy atom. The molecule has 2 aromatic carbocycles. The molecule has 5 rings (SSSR count). The van der Waals surface area contributed by atoms with E-state index in [0.29, 0.717) is 24.7 Å². The van der Waals surface area contributed by atoms with Gasteiger partial charge < -0.3 is 15.5 Å². The highest BCUT2D eigenvalue weighted by atomic mass is 127. The van der Waals surface area contributed by atoms with E-state index in [-0.39, 0.29) is 24.0 Å². The molecule has 182 valence electrons. The highest BCUT2D eigenvalue weighted by Gasteiger charge is 2.40. The van der Waals surface area contributed by atoms with Gasteiger partial charge in [-0.1, -0.05) is 54.6 Å². The van der Waals surface area contributed by atoms with Crippen molar-refractivity contribution in [2.45, 2.75) is 63.8 Å². The van der Waals surface area contributed by atoms with E-state index in [9.17, 15) is 0 Å². The molecule has 2 unspecified atom stereocenters. The van der Waals surface area contributed by atoms with Crippen LogP contribution in [0.25, 0.3) is 0 Å². The molecule has 2 fully saturated rings. The molecule has 34 heavy (non-hydrogen) atoms. The molecule has 0 saturated carbocycles. The molecule has 2 aromatic rings. The van der Waals surface area contributed by atoms with Crippen LogP contribution in [0.4, 0.5) is 5.69 Å². The maximum absolute atomic E-state index is 4.92. The molecule has 2 bridgehead atoms. The van der Waals surface area contributed by atoms with Crippen molar-refractivity contribution >= 4 is 35.6 Å². The number of guanidine groups is 1. The molecule has 3 aliphatic heterocycles. The monoisotopic (exact) mass is 571 g/mol. The van der Waals surface area contributed by atoms with Crippen molar-refractivity contribution in [3.63, 3.8) is 0 Å². The molecular formula is C28H38IN5. The van der Waals surface area contributed by atoms with Gasteiger partial charge in [0, 0.05) is 50.0 Å². The van der Waals surface area contributed by atoms with Gasteiger partial charge in [0.15, 0.2) is 5.96 Å². The molecule has 2 N–H and O–H groups in total. The number of piperidine rings is 1. The fourth-order valence-corrected chi connectivity index (χ4v) is 5.63. The second-order valence-electron chi connectivity index (χ2n) is 9.59. The fourth-order valence-electron chi connectivity index (χ4n) is 5.63. The van der Waals surface area contributed by atoms with Gasteiger partial charge in [-0.25, -0.2) is 4.99 Å². The lowest BCUT2D eigenvalue weighted by molar-refractivity contribution is 0.114. The van der Waals surface area contributed by atoms with Gasteiger partial charge in [0.2, 0.25) is 0 Å². The Kier molecular flexibility index (Phi) is 8.89. The first-order chi connectivity index (χ1) is 16.3. The van der Waals surface area contributed by atoms with E-state index in [1.165, 1.54) is 42.5 Å². The molecule has 5 nitrogen and oxygen atoms in total. The van der Waals surface area contributed by atoms with Crippen molar-refractivity contribution in [3.8, 4) is 0 Å². The molecular weight excluding hydrogens is 533 g/mol. The van der Waals surface area contributed by atoms with Crippen LogP contribution in [-0.2, 0) is 13.1 Å². The summed E-state index contributed by atoms with van der Waals surface area (Å²) in [5.41, 5.74) is 3.97. The van der Waals surface area contributed by atoms with Gasteiger partial charge in [-0.05, 0) is 55.9 Å². The Morgan fingerprint density at radius 3 is 2.24 bits per heavy atom. The summed E-state index contributed by atoms with van der Waals surface area (Å²) in [5.74, 6) is 0.950. The zero-order valence-corrected chi connectivity index (χ0v) is 22.5. The van der Waals surface area contributed by atoms with E-state index in [1.807, 2.05) is 0 Å². The zero-order chi connectivity index (χ0) is 22.5. The Hall–Kier alpha value is -2.06. The predicted octanol–water partition coefficient (Wildman–Crippen LogP) is 4.93. The van der Waals surface area contributed by atoms with Crippen LogP contribution in [0.1, 0.15) is 43.7 Å². The summed E-state index contributed by atoms with van der Waals surface area (Å²) in [4.78, 5) is 10.0. The highest BCUT2D eigenvalue weighted by Crippen LogP contribution is 2.36. The molecule has 0 aromatic heterocycles. The molecule has 6 heteroatoms. The first-order valence-electron chi connectivity index (χ1n) is 12.6. The zero-order valence-electron chi connectivity index (χ0n) is 20.2. The minimum atomic E-state index is 0. The summed E-state index contributed by atoms with van der Waals surface area (Å²) < 4.78 is 0. The lowest BCUT2D eigenvalue weighted by Crippen LogP contribution is -2.52. The SMILES string of the molecule is CCNC(=NCc1ccc(N2CC=CC2)cc1)NC1CC2CCC(C1)N2Cc1ccccc1.I. The van der Waals surface area contributed by atoms with Crippen LogP contribution in [0, 0.1) is 0 Å². The molecule has 0 radical (unpaired) electrons. The smallest absolute Gasteiger partial charge is 0.191 e. The maximum atomic E-state index is 4.92. The van der Waals surface area contributed by atoms with Crippen LogP contribution >= 0.6 is 24.0 Å². The lowest BCUT2D eigenvalue weighted by atomic mass is 9.96. The van der Waals surface area contributed by atoms with Gasteiger partial charge in [0.1, 0.15) is 0 Å². The van der Waals surface area contributed by atoms with Crippen molar-refractivity contribution in [3.05, 3.63) is 77.9 Å². The van der Waals surface area contributed by atoms with Crippen LogP contribution in [0.2, 0.25) is 0 Å². The van der Waals surface area contributed by atoms with Crippen molar-refractivity contribution in [2.24, 2.45) is 4.99 Å². The van der Waals surface area contributed by atoms with E-state index in [1.54, 1.807) is 0 Å². The molecule has 3 heterocycles. The summed E-state index contributed by atoms with van der Waals surface area (Å²) in [6, 6.07) is 21.6. The molecule has 3 aliphatic rings. The Labute approximate surface area is 221 Å². The van der Waals surface area contributed by atoms with Crippen molar-refractivity contribution in [2.75, 3.05) is 24.5 Å². The van der Waals surface area contributed by atoms with E-state index in [0.717, 1.165) is 32.1 Å². The lowest BCUT2D eigenvalue weighted by Gasteiger charge is -2.39. The Balaban J connectivity index is 0.00000274. The van der Waals surface area contributed by atoms with E-state index in [2.05, 4.69) is 94.1 Å². The minimum Gasteiger partial charge on any atom is -0.364 e. The third-order valence-electron chi connectivity index (χ3n) is 7.32. The molecule has 2 atom stereocenters. The van der Waals surface area contributed by atoms with Crippen molar-refractivity contribution in [1.29, 1.82) is 0 Å². The maximum Gasteiger partial charge on any atom is 0.191 e. The molecule has 0 spiro atoms. The Morgan fingerprint density at radius 2 is 1.59 bits per heavy atom. The van der Waals surface area contributed by atoms with Gasteiger partial charge >= 0.3 is 0 Å². The van der Waals surface area contributed by atoms with Crippen molar-refractivity contribution < 1.29 is 0 Å². The topological polar surface area (TPSA) is 42.9 Å². The van der Waals surface area contributed by atoms with Gasteiger partial charge in [0.25, 0.3) is 0 Å². The van der Waals surface area contributed by atoms with Gasteiger partial charge in [-0.3, -0.25) is 4.90 Å². The summed E-state index contributed by atoms with van der Waals surface area (Å²) in [6.45, 7) is 6.83. The van der Waals surface area contributed by atoms with Gasteiger partial charge in [-0.2, -0.15) is 0 Å². The number of hydrogen-bond acceptors (Lipinski definition) is 3. The fraction of sp³-hybridized carbons (Fsp3) is 0.464. The summed E-state index contributed by atoms with van der Waals surface area (Å²) in [6.07, 6.45) is 9.50. The van der Waals surface area contributed by atoms with Crippen LogP contribution in [-0.4, -0.2) is 48.6 Å². The van der Waals surface area contributed by atoms with E-state index < -0.39 is 0 Å². The number of nitrogens with one attached hydrogen (secondary N) is 2. The largest absolute Gasteiger partial charge is 0.364 e. The number of hydrogen-bond donors (Lipinski definition) is 2. The summed E-state index contributed by atoms with van der Waals surface area (Å²) in [7, 11) is 0. The summed E-state index contributed by atoms with van der Waals surface area (Å²) >= 11 is 0.